The van der Waals surface area contributed by atoms with Gasteiger partial charge in [-0.05, 0) is 93.5 Å². The largest absolute Gasteiger partial charge is 0.468 e. The van der Waals surface area contributed by atoms with Crippen molar-refractivity contribution in [3.8, 4) is 0 Å². The Morgan fingerprint density at radius 2 is 1.63 bits per heavy atom. The fourth-order valence-electron chi connectivity index (χ4n) is 6.32. The minimum absolute atomic E-state index is 0.0478. The van der Waals surface area contributed by atoms with Crippen LogP contribution in [-0.4, -0.2) is 53.6 Å². The fraction of sp³-hybridized carbons (Fsp3) is 0.533. The lowest BCUT2D eigenvalue weighted by molar-refractivity contribution is -0.148. The Bertz CT molecular complexity index is 1360. The summed E-state index contributed by atoms with van der Waals surface area (Å²) in [5.41, 5.74) is -3.57. The molecule has 2 aromatic rings. The van der Waals surface area contributed by atoms with E-state index in [-0.39, 0.29) is 18.2 Å². The first-order chi connectivity index (χ1) is 19.8. The van der Waals surface area contributed by atoms with E-state index in [1.54, 1.807) is 19.9 Å². The van der Waals surface area contributed by atoms with Crippen LogP contribution >= 0.6 is 0 Å². The van der Waals surface area contributed by atoms with Crippen LogP contribution in [0.15, 0.2) is 36.4 Å². The van der Waals surface area contributed by atoms with Gasteiger partial charge in [-0.15, -0.1) is 0 Å². The highest BCUT2D eigenvalue weighted by Gasteiger charge is 2.53. The van der Waals surface area contributed by atoms with Crippen LogP contribution in [0.3, 0.4) is 0 Å². The first kappa shape index (κ1) is 32.6. The minimum Gasteiger partial charge on any atom is -0.468 e. The minimum atomic E-state index is -5.03. The zero-order valence-corrected chi connectivity index (χ0v) is 24.4. The molecule has 2 fully saturated rings. The molecule has 2 amide bonds. The van der Waals surface area contributed by atoms with Gasteiger partial charge in [0.05, 0.1) is 30.3 Å². The lowest BCUT2D eigenvalue weighted by atomic mass is 9.79. The molecule has 236 valence electrons. The molecule has 4 rings (SSSR count). The van der Waals surface area contributed by atoms with E-state index >= 15 is 0 Å². The highest BCUT2D eigenvalue weighted by Crippen LogP contribution is 2.46. The molecule has 1 unspecified atom stereocenters. The van der Waals surface area contributed by atoms with Crippen molar-refractivity contribution in [3.05, 3.63) is 70.0 Å². The van der Waals surface area contributed by atoms with Crippen LogP contribution in [0, 0.1) is 12.7 Å². The van der Waals surface area contributed by atoms with Gasteiger partial charge >= 0.3 is 24.4 Å². The summed E-state index contributed by atoms with van der Waals surface area (Å²) in [4.78, 5) is 29.1. The highest BCUT2D eigenvalue weighted by atomic mass is 19.4. The van der Waals surface area contributed by atoms with Crippen molar-refractivity contribution in [3.63, 3.8) is 0 Å². The Balaban J connectivity index is 1.69. The fourth-order valence-corrected chi connectivity index (χ4v) is 6.32. The van der Waals surface area contributed by atoms with Crippen molar-refractivity contribution in [1.82, 2.24) is 15.1 Å². The Kier molecular flexibility index (Phi) is 8.55. The van der Waals surface area contributed by atoms with Gasteiger partial charge in [-0.1, -0.05) is 6.07 Å². The molecule has 0 aliphatic carbocycles. The maximum Gasteiger partial charge on any atom is 0.416 e. The first-order valence-corrected chi connectivity index (χ1v) is 13.8. The topological polar surface area (TPSA) is 61.9 Å². The second-order valence-corrected chi connectivity index (χ2v) is 11.8. The molecule has 2 aromatic carbocycles. The third kappa shape index (κ3) is 6.46. The molecule has 0 saturated carbocycles. The van der Waals surface area contributed by atoms with Crippen molar-refractivity contribution < 1.29 is 45.1 Å². The molecule has 2 heterocycles. The van der Waals surface area contributed by atoms with Gasteiger partial charge in [0.25, 0.3) is 0 Å². The third-order valence-corrected chi connectivity index (χ3v) is 8.88. The molecule has 43 heavy (non-hydrogen) atoms. The van der Waals surface area contributed by atoms with Gasteiger partial charge in [-0.2, -0.15) is 26.3 Å². The van der Waals surface area contributed by atoms with E-state index in [0.717, 1.165) is 4.90 Å². The Morgan fingerprint density at radius 1 is 1.02 bits per heavy atom. The van der Waals surface area contributed by atoms with Gasteiger partial charge in [0, 0.05) is 19.1 Å². The highest BCUT2D eigenvalue weighted by molar-refractivity contribution is 5.81. The molecule has 1 N–H and O–H groups in total. The van der Waals surface area contributed by atoms with Crippen LogP contribution < -0.4 is 5.32 Å². The zero-order chi connectivity index (χ0) is 32.1. The summed E-state index contributed by atoms with van der Waals surface area (Å²) in [7, 11) is 2.62. The van der Waals surface area contributed by atoms with E-state index in [4.69, 9.17) is 4.74 Å². The summed E-state index contributed by atoms with van der Waals surface area (Å²) in [6.45, 7) is 4.95. The van der Waals surface area contributed by atoms with Gasteiger partial charge < -0.3 is 14.5 Å². The molecule has 1 spiro atoms. The van der Waals surface area contributed by atoms with Gasteiger partial charge in [0.15, 0.2) is 0 Å². The third-order valence-electron chi connectivity index (χ3n) is 8.88. The summed E-state index contributed by atoms with van der Waals surface area (Å²) in [5.74, 6) is -0.900. The summed E-state index contributed by atoms with van der Waals surface area (Å²) < 4.78 is 100. The van der Waals surface area contributed by atoms with Crippen LogP contribution in [0.4, 0.5) is 35.5 Å². The number of carbonyl (C=O) groups is 2. The van der Waals surface area contributed by atoms with Crippen LogP contribution in [0.2, 0.25) is 0 Å². The summed E-state index contributed by atoms with van der Waals surface area (Å²) in [5, 5.41) is 3.43. The van der Waals surface area contributed by atoms with E-state index in [9.17, 15) is 40.3 Å². The van der Waals surface area contributed by atoms with E-state index in [1.807, 2.05) is 0 Å². The Morgan fingerprint density at radius 3 is 2.16 bits per heavy atom. The number of nitrogens with one attached hydrogen (secondary N) is 1. The molecule has 2 aliphatic rings. The molecular weight excluding hydrogens is 583 g/mol. The molecule has 0 aromatic heterocycles. The number of rotatable bonds is 4. The molecule has 4 atom stereocenters. The molecule has 0 bridgehead atoms. The summed E-state index contributed by atoms with van der Waals surface area (Å²) in [6, 6.07) is 3.04. The Hall–Kier alpha value is -3.35. The lowest BCUT2D eigenvalue weighted by Gasteiger charge is -2.48. The predicted molar refractivity (Wildman–Crippen MR) is 143 cm³/mol. The van der Waals surface area contributed by atoms with Crippen LogP contribution in [0.1, 0.15) is 79.4 Å². The van der Waals surface area contributed by atoms with Crippen molar-refractivity contribution in [2.45, 2.75) is 82.0 Å². The number of urea groups is 1. The van der Waals surface area contributed by atoms with Gasteiger partial charge in [0.2, 0.25) is 0 Å². The van der Waals surface area contributed by atoms with Crippen molar-refractivity contribution in [1.29, 1.82) is 0 Å². The molecular formula is C30H34F7N3O3. The van der Waals surface area contributed by atoms with E-state index in [2.05, 4.69) is 5.32 Å². The van der Waals surface area contributed by atoms with E-state index in [1.165, 1.54) is 38.1 Å². The molecule has 6 nitrogen and oxygen atoms in total. The monoisotopic (exact) mass is 617 g/mol. The number of alkyl halides is 6. The second kappa shape index (κ2) is 11.3. The smallest absolute Gasteiger partial charge is 0.416 e. The number of hydrogen-bond acceptors (Lipinski definition) is 4. The molecule has 2 saturated heterocycles. The number of esters is 1. The SMILES string of the molecule is COC(=O)[C@@]1(C)CCC2(CCN(C(=O)N(C)[C@H](C)c3cc(C(F)(F)F)cc(C(F)(F)F)c3)[C@@H](c3ccc(F)cc3C)C2)N1. The van der Waals surface area contributed by atoms with Gasteiger partial charge in [-0.3, -0.25) is 10.1 Å². The number of carbonyl (C=O) groups excluding carboxylic acids is 2. The van der Waals surface area contributed by atoms with Gasteiger partial charge in [-0.25, -0.2) is 9.18 Å². The zero-order valence-electron chi connectivity index (χ0n) is 24.4. The second-order valence-electron chi connectivity index (χ2n) is 11.8. The number of methoxy groups -OCH3 is 1. The normalized spacial score (nSPS) is 25.1. The average Bonchev–Trinajstić information content (AvgIpc) is 3.26. The predicted octanol–water partition coefficient (Wildman–Crippen LogP) is 7.18. The maximum atomic E-state index is 14.0. The number of amides is 2. The van der Waals surface area contributed by atoms with Crippen molar-refractivity contribution in [2.75, 3.05) is 20.7 Å². The number of ether oxygens (including phenoxy) is 1. The number of aryl methyl sites for hydroxylation is 1. The van der Waals surface area contributed by atoms with E-state index in [0.29, 0.717) is 48.9 Å². The van der Waals surface area contributed by atoms with E-state index < -0.39 is 64.5 Å². The Labute approximate surface area is 245 Å². The number of nitrogens with zero attached hydrogens (tertiary/aromatic N) is 2. The van der Waals surface area contributed by atoms with Crippen LogP contribution in [-0.2, 0) is 21.9 Å². The number of hydrogen-bond donors (Lipinski definition) is 1. The summed E-state index contributed by atoms with van der Waals surface area (Å²) >= 11 is 0. The number of halogens is 7. The lowest BCUT2D eigenvalue weighted by Crippen LogP contribution is -2.59. The standard InChI is InChI=1S/C30H34F7N3O3/c1-17-12-22(31)6-7-23(17)24-16-28(9-8-27(3,38-28)25(41)43-5)10-11-40(24)26(42)39(4)18(2)19-13-20(29(32,33)34)15-21(14-19)30(35,36)37/h6-7,12-15,18,24,38H,8-11,16H2,1-5H3/t18-,24-,27-,28?/m1/s1. The molecule has 0 radical (unpaired) electrons. The van der Waals surface area contributed by atoms with Gasteiger partial charge in [0.1, 0.15) is 11.4 Å². The maximum absolute atomic E-state index is 14.0. The summed E-state index contributed by atoms with van der Waals surface area (Å²) in [6.07, 6.45) is -8.23. The van der Waals surface area contributed by atoms with Crippen LogP contribution in [0.25, 0.3) is 0 Å². The quantitative estimate of drug-likeness (QED) is 0.292. The number of likely N-dealkylation sites (tertiary alicyclic amines) is 1. The number of benzene rings is 2. The van der Waals surface area contributed by atoms with Crippen molar-refractivity contribution >= 4 is 12.0 Å². The number of piperidine rings is 1. The van der Waals surface area contributed by atoms with Crippen LogP contribution in [0.5, 0.6) is 0 Å². The molecule has 13 heteroatoms. The first-order valence-electron chi connectivity index (χ1n) is 13.8. The van der Waals surface area contributed by atoms with Crippen molar-refractivity contribution in [2.24, 2.45) is 0 Å². The average molecular weight is 618 g/mol. The molecule has 2 aliphatic heterocycles.